The zero-order valence-corrected chi connectivity index (χ0v) is 16.9. The van der Waals surface area contributed by atoms with E-state index in [1.54, 1.807) is 30.3 Å². The third kappa shape index (κ3) is 5.40. The number of rotatable bonds is 6. The fraction of sp³-hybridized carbons (Fsp3) is 0.150. The monoisotopic (exact) mass is 443 g/mol. The van der Waals surface area contributed by atoms with Gasteiger partial charge in [0.15, 0.2) is 5.82 Å². The molecule has 0 saturated carbocycles. The van der Waals surface area contributed by atoms with Crippen molar-refractivity contribution in [3.63, 3.8) is 0 Å². The van der Waals surface area contributed by atoms with Gasteiger partial charge in [0, 0.05) is 24.4 Å². The lowest BCUT2D eigenvalue weighted by molar-refractivity contribution is -0.0246. The third-order valence-electron chi connectivity index (χ3n) is 4.28. The molecule has 3 aromatic rings. The van der Waals surface area contributed by atoms with Crippen LogP contribution in [0, 0.1) is 5.82 Å². The van der Waals surface area contributed by atoms with Crippen molar-refractivity contribution in [3.8, 4) is 0 Å². The fourth-order valence-corrected chi connectivity index (χ4v) is 3.44. The molecular formula is C20H18FN5O4S. The van der Waals surface area contributed by atoms with E-state index in [9.17, 15) is 12.8 Å². The Balaban J connectivity index is 1.42. The van der Waals surface area contributed by atoms with Gasteiger partial charge >= 0.3 is 0 Å². The predicted molar refractivity (Wildman–Crippen MR) is 110 cm³/mol. The maximum absolute atomic E-state index is 13.4. The molecule has 31 heavy (non-hydrogen) atoms. The van der Waals surface area contributed by atoms with E-state index >= 15 is 0 Å². The first-order valence-electron chi connectivity index (χ1n) is 9.17. The molecule has 1 aliphatic rings. The van der Waals surface area contributed by atoms with E-state index in [-0.39, 0.29) is 23.9 Å². The van der Waals surface area contributed by atoms with Crippen molar-refractivity contribution < 1.29 is 22.3 Å². The second kappa shape index (κ2) is 8.76. The largest absolute Gasteiger partial charge is 0.445 e. The molecule has 160 valence electrons. The highest BCUT2D eigenvalue weighted by Crippen LogP contribution is 2.26. The molecule has 11 heteroatoms. The minimum absolute atomic E-state index is 0.0269. The SMILES string of the molecule is NS(=O)(=O)c1cccc(CNc2nccc(N=C3COC(c4cccc(F)c4)O3)n2)c1. The van der Waals surface area contributed by atoms with Gasteiger partial charge < -0.3 is 14.8 Å². The maximum atomic E-state index is 13.4. The number of sulfonamides is 1. The Morgan fingerprint density at radius 1 is 1.19 bits per heavy atom. The number of aliphatic imine (C=N–C) groups is 1. The van der Waals surface area contributed by atoms with Crippen LogP contribution in [0.2, 0.25) is 0 Å². The summed E-state index contributed by atoms with van der Waals surface area (Å²) in [7, 11) is -3.78. The van der Waals surface area contributed by atoms with Crippen LogP contribution >= 0.6 is 0 Å². The molecule has 0 aliphatic carbocycles. The Morgan fingerprint density at radius 2 is 2.03 bits per heavy atom. The lowest BCUT2D eigenvalue weighted by Crippen LogP contribution is -2.12. The van der Waals surface area contributed by atoms with Gasteiger partial charge in [-0.25, -0.2) is 22.9 Å². The third-order valence-corrected chi connectivity index (χ3v) is 5.19. The summed E-state index contributed by atoms with van der Waals surface area (Å²) in [5, 5.41) is 8.16. The van der Waals surface area contributed by atoms with Gasteiger partial charge in [-0.15, -0.1) is 0 Å². The Labute approximate surface area is 177 Å². The molecule has 1 aliphatic heterocycles. The number of primary sulfonamides is 1. The van der Waals surface area contributed by atoms with Crippen LogP contribution in [-0.2, 0) is 26.0 Å². The molecule has 0 radical (unpaired) electrons. The highest BCUT2D eigenvalue weighted by Gasteiger charge is 2.25. The number of halogens is 1. The first kappa shape index (κ1) is 20.8. The smallest absolute Gasteiger partial charge is 0.238 e. The fourth-order valence-electron chi connectivity index (χ4n) is 2.85. The zero-order valence-electron chi connectivity index (χ0n) is 16.1. The Hall–Kier alpha value is -3.41. The van der Waals surface area contributed by atoms with Crippen molar-refractivity contribution in [2.24, 2.45) is 10.1 Å². The van der Waals surface area contributed by atoms with E-state index in [0.29, 0.717) is 28.8 Å². The Bertz CT molecular complexity index is 1240. The van der Waals surface area contributed by atoms with E-state index in [1.807, 2.05) is 0 Å². The molecule has 1 unspecified atom stereocenters. The van der Waals surface area contributed by atoms with Gasteiger partial charge in [-0.2, -0.15) is 9.98 Å². The van der Waals surface area contributed by atoms with Crippen molar-refractivity contribution >= 4 is 27.7 Å². The van der Waals surface area contributed by atoms with Crippen molar-refractivity contribution in [1.82, 2.24) is 9.97 Å². The molecule has 0 bridgehead atoms. The van der Waals surface area contributed by atoms with Crippen LogP contribution < -0.4 is 10.5 Å². The van der Waals surface area contributed by atoms with Crippen LogP contribution in [0.3, 0.4) is 0 Å². The summed E-state index contributed by atoms with van der Waals surface area (Å²) in [6.07, 6.45) is 0.787. The van der Waals surface area contributed by atoms with Crippen molar-refractivity contribution in [2.45, 2.75) is 17.7 Å². The van der Waals surface area contributed by atoms with E-state index in [0.717, 1.165) is 0 Å². The number of nitrogens with zero attached hydrogens (tertiary/aromatic N) is 3. The first-order chi connectivity index (χ1) is 14.9. The molecule has 1 saturated heterocycles. The van der Waals surface area contributed by atoms with Crippen LogP contribution in [-0.4, -0.2) is 30.9 Å². The average molecular weight is 443 g/mol. The number of benzene rings is 2. The summed E-state index contributed by atoms with van der Waals surface area (Å²) < 4.78 is 47.5. The highest BCUT2D eigenvalue weighted by atomic mass is 32.2. The number of hydrogen-bond donors (Lipinski definition) is 2. The summed E-state index contributed by atoms with van der Waals surface area (Å²) in [6.45, 7) is 0.402. The quantitative estimate of drug-likeness (QED) is 0.599. The lowest BCUT2D eigenvalue weighted by Gasteiger charge is -2.09. The summed E-state index contributed by atoms with van der Waals surface area (Å²) in [5.74, 6) is 0.564. The molecule has 2 heterocycles. The summed E-state index contributed by atoms with van der Waals surface area (Å²) >= 11 is 0. The molecule has 9 nitrogen and oxygen atoms in total. The summed E-state index contributed by atoms with van der Waals surface area (Å²) in [4.78, 5) is 12.7. The number of nitrogens with one attached hydrogen (secondary N) is 1. The van der Waals surface area contributed by atoms with Crippen LogP contribution in [0.25, 0.3) is 0 Å². The second-order valence-corrected chi connectivity index (χ2v) is 8.17. The Morgan fingerprint density at radius 3 is 2.84 bits per heavy atom. The topological polar surface area (TPSA) is 129 Å². The van der Waals surface area contributed by atoms with E-state index in [2.05, 4.69) is 20.3 Å². The number of aromatic nitrogens is 2. The van der Waals surface area contributed by atoms with Gasteiger partial charge in [0.1, 0.15) is 12.4 Å². The van der Waals surface area contributed by atoms with Crippen LogP contribution in [0.4, 0.5) is 16.2 Å². The van der Waals surface area contributed by atoms with Gasteiger partial charge in [-0.05, 0) is 29.8 Å². The van der Waals surface area contributed by atoms with Crippen molar-refractivity contribution in [3.05, 3.63) is 77.7 Å². The van der Waals surface area contributed by atoms with E-state index < -0.39 is 16.3 Å². The number of hydrogen-bond acceptors (Lipinski definition) is 8. The standard InChI is InChI=1S/C20H18FN5O4S/c21-15-5-2-4-14(10-15)19-29-12-18(30-19)25-17-7-8-23-20(26-17)24-11-13-3-1-6-16(9-13)31(22,27)28/h1-10,19H,11-12H2,(H2,22,27,28)(H,23,24,26). The molecule has 0 amide bonds. The second-order valence-electron chi connectivity index (χ2n) is 6.61. The van der Waals surface area contributed by atoms with Gasteiger partial charge in [0.05, 0.1) is 4.90 Å². The van der Waals surface area contributed by atoms with Crippen molar-refractivity contribution in [1.29, 1.82) is 0 Å². The van der Waals surface area contributed by atoms with Gasteiger partial charge in [0.25, 0.3) is 0 Å². The van der Waals surface area contributed by atoms with E-state index in [4.69, 9.17) is 14.6 Å². The van der Waals surface area contributed by atoms with Crippen LogP contribution in [0.15, 0.2) is 70.7 Å². The molecular weight excluding hydrogens is 425 g/mol. The molecule has 4 rings (SSSR count). The predicted octanol–water partition coefficient (Wildman–Crippen LogP) is 2.65. The van der Waals surface area contributed by atoms with E-state index in [1.165, 1.54) is 30.5 Å². The maximum Gasteiger partial charge on any atom is 0.238 e. The van der Waals surface area contributed by atoms with Crippen molar-refractivity contribution in [2.75, 3.05) is 11.9 Å². The molecule has 2 aromatic carbocycles. The molecule has 1 fully saturated rings. The number of ether oxygens (including phenoxy) is 2. The van der Waals surface area contributed by atoms with Gasteiger partial charge in [-0.3, -0.25) is 0 Å². The normalized spacial score (nSPS) is 17.5. The van der Waals surface area contributed by atoms with Crippen LogP contribution in [0.1, 0.15) is 17.4 Å². The zero-order chi connectivity index (χ0) is 21.8. The lowest BCUT2D eigenvalue weighted by atomic mass is 10.2. The summed E-state index contributed by atoms with van der Waals surface area (Å²) in [6, 6.07) is 13.8. The number of nitrogens with two attached hydrogens (primary N) is 1. The first-order valence-corrected chi connectivity index (χ1v) is 10.7. The Kier molecular flexibility index (Phi) is 5.89. The average Bonchev–Trinajstić information content (AvgIpc) is 3.21. The molecule has 1 atom stereocenters. The molecule has 3 N–H and O–H groups in total. The minimum Gasteiger partial charge on any atom is -0.445 e. The van der Waals surface area contributed by atoms with Gasteiger partial charge in [-0.1, -0.05) is 24.3 Å². The summed E-state index contributed by atoms with van der Waals surface area (Å²) in [5.41, 5.74) is 1.24. The number of anilines is 1. The molecule has 1 aromatic heterocycles. The minimum atomic E-state index is -3.78. The van der Waals surface area contributed by atoms with Crippen LogP contribution in [0.5, 0.6) is 0 Å². The van der Waals surface area contributed by atoms with Gasteiger partial charge in [0.2, 0.25) is 28.2 Å². The molecule has 0 spiro atoms. The highest BCUT2D eigenvalue weighted by molar-refractivity contribution is 7.89.